The fraction of sp³-hybridized carbons (Fsp3) is 0.444. The third kappa shape index (κ3) is 2.90. The van der Waals surface area contributed by atoms with Crippen LogP contribution in [0, 0.1) is 12.8 Å². The van der Waals surface area contributed by atoms with Crippen molar-refractivity contribution in [2.24, 2.45) is 5.92 Å². The highest BCUT2D eigenvalue weighted by atomic mass is 16.6. The van der Waals surface area contributed by atoms with E-state index in [-0.39, 0.29) is 18.3 Å². The van der Waals surface area contributed by atoms with Crippen LogP contribution in [0.1, 0.15) is 37.9 Å². The number of esters is 1. The number of aromatic nitrogens is 3. The summed E-state index contributed by atoms with van der Waals surface area (Å²) in [6.07, 6.45) is 3.73. The van der Waals surface area contributed by atoms with E-state index in [4.69, 9.17) is 4.74 Å². The number of carbonyl (C=O) groups excluding carboxylic acids is 2. The first-order valence-electron chi connectivity index (χ1n) is 8.58. The Morgan fingerprint density at radius 2 is 2.00 bits per heavy atom. The van der Waals surface area contributed by atoms with Crippen LogP contribution in [0.15, 0.2) is 24.3 Å². The van der Waals surface area contributed by atoms with Gasteiger partial charge in [0.05, 0.1) is 12.3 Å². The van der Waals surface area contributed by atoms with E-state index < -0.39 is 11.5 Å². The van der Waals surface area contributed by atoms with Crippen LogP contribution < -0.4 is 5.32 Å². The number of benzene rings is 1. The SMILES string of the molecule is Cc1nc(-c2ccc(NC(=O)C3CC(=O)OC34CCCC4)cc2)n[nH]1. The first-order valence-corrected chi connectivity index (χ1v) is 8.58. The number of nitrogens with one attached hydrogen (secondary N) is 2. The van der Waals surface area contributed by atoms with Gasteiger partial charge in [-0.3, -0.25) is 14.7 Å². The zero-order chi connectivity index (χ0) is 17.4. The molecule has 1 aromatic heterocycles. The summed E-state index contributed by atoms with van der Waals surface area (Å²) in [5.41, 5.74) is 0.972. The summed E-state index contributed by atoms with van der Waals surface area (Å²) < 4.78 is 5.54. The number of amides is 1. The van der Waals surface area contributed by atoms with E-state index in [0.717, 1.165) is 37.1 Å². The molecule has 1 aliphatic heterocycles. The average Bonchev–Trinajstić information content (AvgIpc) is 3.30. The van der Waals surface area contributed by atoms with Gasteiger partial charge in [0, 0.05) is 11.3 Å². The second kappa shape index (κ2) is 5.98. The molecule has 2 aliphatic rings. The molecule has 2 aromatic rings. The van der Waals surface area contributed by atoms with Gasteiger partial charge in [0.25, 0.3) is 0 Å². The second-order valence-electron chi connectivity index (χ2n) is 6.81. The molecule has 7 nitrogen and oxygen atoms in total. The lowest BCUT2D eigenvalue weighted by Gasteiger charge is -2.27. The summed E-state index contributed by atoms with van der Waals surface area (Å²) >= 11 is 0. The molecule has 4 rings (SSSR count). The summed E-state index contributed by atoms with van der Waals surface area (Å²) in [6.45, 7) is 1.84. The van der Waals surface area contributed by atoms with E-state index in [1.54, 1.807) is 0 Å². The summed E-state index contributed by atoms with van der Waals surface area (Å²) in [7, 11) is 0. The summed E-state index contributed by atoms with van der Waals surface area (Å²) in [6, 6.07) is 7.36. The van der Waals surface area contributed by atoms with Crippen LogP contribution in [0.5, 0.6) is 0 Å². The number of carbonyl (C=O) groups is 2. The third-order valence-electron chi connectivity index (χ3n) is 5.10. The number of anilines is 1. The molecule has 1 aromatic carbocycles. The Morgan fingerprint density at radius 1 is 1.28 bits per heavy atom. The van der Waals surface area contributed by atoms with E-state index >= 15 is 0 Å². The fourth-order valence-corrected chi connectivity index (χ4v) is 3.85. The lowest BCUT2D eigenvalue weighted by molar-refractivity contribution is -0.149. The maximum absolute atomic E-state index is 12.7. The summed E-state index contributed by atoms with van der Waals surface area (Å²) in [5.74, 6) is 0.555. The zero-order valence-electron chi connectivity index (χ0n) is 14.0. The molecule has 7 heteroatoms. The van der Waals surface area contributed by atoms with Gasteiger partial charge in [0.2, 0.25) is 5.91 Å². The summed E-state index contributed by atoms with van der Waals surface area (Å²) in [5, 5.41) is 9.84. The molecule has 2 N–H and O–H groups in total. The molecule has 1 atom stereocenters. The minimum Gasteiger partial charge on any atom is -0.458 e. The van der Waals surface area contributed by atoms with Crippen molar-refractivity contribution in [1.29, 1.82) is 0 Å². The van der Waals surface area contributed by atoms with E-state index in [0.29, 0.717) is 11.5 Å². The number of ether oxygens (including phenoxy) is 1. The minimum absolute atomic E-state index is 0.144. The van der Waals surface area contributed by atoms with Gasteiger partial charge in [-0.1, -0.05) is 0 Å². The quantitative estimate of drug-likeness (QED) is 0.837. The van der Waals surface area contributed by atoms with Gasteiger partial charge in [0.15, 0.2) is 5.82 Å². The molecule has 1 amide bonds. The van der Waals surface area contributed by atoms with Crippen molar-refractivity contribution in [3.05, 3.63) is 30.1 Å². The van der Waals surface area contributed by atoms with E-state index in [1.165, 1.54) is 0 Å². The molecule has 1 aliphatic carbocycles. The fourth-order valence-electron chi connectivity index (χ4n) is 3.85. The molecule has 0 radical (unpaired) electrons. The molecule has 2 heterocycles. The number of rotatable bonds is 3. The number of aromatic amines is 1. The number of hydrogen-bond donors (Lipinski definition) is 2. The highest BCUT2D eigenvalue weighted by Crippen LogP contribution is 2.45. The lowest BCUT2D eigenvalue weighted by Crippen LogP contribution is -2.39. The normalized spacial score (nSPS) is 21.5. The van der Waals surface area contributed by atoms with Crippen LogP contribution in [0.25, 0.3) is 11.4 Å². The second-order valence-corrected chi connectivity index (χ2v) is 6.81. The van der Waals surface area contributed by atoms with Crippen LogP contribution in [0.3, 0.4) is 0 Å². The molecule has 1 spiro atoms. The van der Waals surface area contributed by atoms with Gasteiger partial charge in [-0.2, -0.15) is 5.10 Å². The number of H-pyrrole nitrogens is 1. The monoisotopic (exact) mass is 340 g/mol. The van der Waals surface area contributed by atoms with Crippen LogP contribution in [0.4, 0.5) is 5.69 Å². The van der Waals surface area contributed by atoms with Crippen LogP contribution in [0.2, 0.25) is 0 Å². The van der Waals surface area contributed by atoms with Crippen molar-refractivity contribution in [2.75, 3.05) is 5.32 Å². The molecule has 130 valence electrons. The maximum Gasteiger partial charge on any atom is 0.307 e. The number of hydrogen-bond acceptors (Lipinski definition) is 5. The zero-order valence-corrected chi connectivity index (χ0v) is 14.0. The Morgan fingerprint density at radius 3 is 2.64 bits per heavy atom. The molecular formula is C18H20N4O3. The van der Waals surface area contributed by atoms with Crippen molar-refractivity contribution in [3.63, 3.8) is 0 Å². The Kier molecular flexibility index (Phi) is 3.78. The molecule has 2 fully saturated rings. The Balaban J connectivity index is 1.48. The Hall–Kier alpha value is -2.70. The van der Waals surface area contributed by atoms with Gasteiger partial charge in [-0.05, 0) is 56.9 Å². The van der Waals surface area contributed by atoms with Crippen LogP contribution >= 0.6 is 0 Å². The van der Waals surface area contributed by atoms with Crippen molar-refractivity contribution in [1.82, 2.24) is 15.2 Å². The third-order valence-corrected chi connectivity index (χ3v) is 5.10. The van der Waals surface area contributed by atoms with Crippen molar-refractivity contribution >= 4 is 17.6 Å². The standard InChI is InChI=1S/C18H20N4O3/c1-11-19-16(22-21-11)12-4-6-13(7-5-12)20-17(24)14-10-15(23)25-18(14)8-2-3-9-18/h4-7,14H,2-3,8-10H2,1H3,(H,20,24)(H,19,21,22). The van der Waals surface area contributed by atoms with Gasteiger partial charge in [-0.15, -0.1) is 0 Å². The van der Waals surface area contributed by atoms with Gasteiger partial charge < -0.3 is 10.1 Å². The van der Waals surface area contributed by atoms with Crippen molar-refractivity contribution < 1.29 is 14.3 Å². The van der Waals surface area contributed by atoms with Crippen LogP contribution in [-0.4, -0.2) is 32.7 Å². The van der Waals surface area contributed by atoms with Crippen molar-refractivity contribution in [3.8, 4) is 11.4 Å². The molecule has 25 heavy (non-hydrogen) atoms. The molecule has 1 saturated heterocycles. The highest BCUT2D eigenvalue weighted by Gasteiger charge is 2.53. The van der Waals surface area contributed by atoms with Gasteiger partial charge in [0.1, 0.15) is 11.4 Å². The minimum atomic E-state index is -0.586. The number of nitrogens with zero attached hydrogens (tertiary/aromatic N) is 2. The Bertz CT molecular complexity index is 806. The topological polar surface area (TPSA) is 97.0 Å². The van der Waals surface area contributed by atoms with Gasteiger partial charge in [-0.25, -0.2) is 4.98 Å². The predicted octanol–water partition coefficient (Wildman–Crippen LogP) is 2.59. The molecule has 0 bridgehead atoms. The van der Waals surface area contributed by atoms with E-state index in [9.17, 15) is 9.59 Å². The highest BCUT2D eigenvalue weighted by molar-refractivity contribution is 5.97. The van der Waals surface area contributed by atoms with E-state index in [2.05, 4.69) is 20.5 Å². The lowest BCUT2D eigenvalue weighted by atomic mass is 9.85. The Labute approximate surface area is 145 Å². The largest absolute Gasteiger partial charge is 0.458 e. The average molecular weight is 340 g/mol. The van der Waals surface area contributed by atoms with Crippen molar-refractivity contribution in [2.45, 2.75) is 44.6 Å². The molecular weight excluding hydrogens is 320 g/mol. The van der Waals surface area contributed by atoms with Gasteiger partial charge >= 0.3 is 5.97 Å². The molecule has 1 unspecified atom stereocenters. The molecule has 1 saturated carbocycles. The number of aryl methyl sites for hydroxylation is 1. The smallest absolute Gasteiger partial charge is 0.307 e. The van der Waals surface area contributed by atoms with Crippen LogP contribution in [-0.2, 0) is 14.3 Å². The predicted molar refractivity (Wildman–Crippen MR) is 90.6 cm³/mol. The van der Waals surface area contributed by atoms with E-state index in [1.807, 2.05) is 31.2 Å². The first-order chi connectivity index (χ1) is 12.1. The summed E-state index contributed by atoms with van der Waals surface area (Å²) in [4.78, 5) is 28.7. The maximum atomic E-state index is 12.7. The first kappa shape index (κ1) is 15.8.